The molecule has 5 aromatic carbocycles. The minimum atomic E-state index is -1.38. The molecule has 0 aliphatic rings. The molecule has 0 saturated carbocycles. The van der Waals surface area contributed by atoms with E-state index in [2.05, 4.69) is 135 Å². The van der Waals surface area contributed by atoms with Crippen molar-refractivity contribution in [3.8, 4) is 22.5 Å². The van der Waals surface area contributed by atoms with E-state index in [0.717, 1.165) is 61.6 Å². The van der Waals surface area contributed by atoms with Crippen molar-refractivity contribution in [1.82, 2.24) is 9.97 Å². The second-order valence-electron chi connectivity index (χ2n) is 15.8. The summed E-state index contributed by atoms with van der Waals surface area (Å²) in [6, 6.07) is 44.7. The van der Waals surface area contributed by atoms with Crippen molar-refractivity contribution in [3.05, 3.63) is 162 Å². The van der Waals surface area contributed by atoms with E-state index in [9.17, 15) is 4.39 Å². The average molecular weight is 931 g/mol. The Labute approximate surface area is 342 Å². The molecule has 1 radical (unpaired) electrons. The van der Waals surface area contributed by atoms with Crippen LogP contribution in [0.25, 0.3) is 66.4 Å². The van der Waals surface area contributed by atoms with Crippen LogP contribution in [0, 0.1) is 23.9 Å². The maximum absolute atomic E-state index is 13.5. The number of para-hydroxylation sites is 1. The van der Waals surface area contributed by atoms with E-state index in [-0.39, 0.29) is 31.8 Å². The van der Waals surface area contributed by atoms with Gasteiger partial charge in [-0.25, -0.2) is 4.39 Å². The minimum Gasteiger partial charge on any atom is -0.500 e. The van der Waals surface area contributed by atoms with Gasteiger partial charge in [-0.05, 0) is 52.7 Å². The maximum atomic E-state index is 13.5. The van der Waals surface area contributed by atoms with Gasteiger partial charge in [-0.15, -0.1) is 42.0 Å². The number of benzene rings is 5. The molecule has 4 nitrogen and oxygen atoms in total. The molecule has 4 heterocycles. The Hall–Kier alpha value is -5.20. The maximum Gasteiger partial charge on any atom is 0.126 e. The first-order valence-corrected chi connectivity index (χ1v) is 22.4. The van der Waals surface area contributed by atoms with Crippen LogP contribution in [0.15, 0.2) is 136 Å². The summed E-state index contributed by atoms with van der Waals surface area (Å²) in [5.74, 6) is 0.567. The van der Waals surface area contributed by atoms with E-state index in [1.807, 2.05) is 36.7 Å². The predicted molar refractivity (Wildman–Crippen MR) is 227 cm³/mol. The average Bonchev–Trinajstić information content (AvgIpc) is 3.75. The second-order valence-corrected chi connectivity index (χ2v) is 20.8. The van der Waals surface area contributed by atoms with Crippen molar-refractivity contribution in [1.29, 1.82) is 0 Å². The number of aromatic nitrogens is 2. The molecule has 0 amide bonds. The monoisotopic (exact) mass is 931 g/mol. The first-order valence-electron chi connectivity index (χ1n) is 18.9. The van der Waals surface area contributed by atoms with Crippen LogP contribution >= 0.6 is 0 Å². The fraction of sp³-hybridized carbons (Fsp3) is 0.184. The smallest absolute Gasteiger partial charge is 0.126 e. The van der Waals surface area contributed by atoms with E-state index in [1.165, 1.54) is 34.0 Å². The molecular formula is C49H43FIrN2O2Si-2. The molecule has 0 saturated heterocycles. The summed E-state index contributed by atoms with van der Waals surface area (Å²) in [6.45, 7) is 13.6. The molecule has 56 heavy (non-hydrogen) atoms. The molecule has 0 spiro atoms. The topological polar surface area (TPSA) is 52.1 Å². The van der Waals surface area contributed by atoms with E-state index >= 15 is 0 Å². The standard InChI is InChI=1S/C29H26NO.C20H17FNOSi.Ir/c1-19(2)16-21-14-15-30-27(17-21)23-12-13-28-26(18-23)25-11-7-10-24(29(25)31-28)20(3)22-8-5-4-6-9-22;1-24(2,3)14-8-10-18(22-12-14)17-6-4-5-16-15-9-7-13(21)11-19(15)23-20(16)17;/h4-11,13-15,17-20H,16H2,1-3H3;4-5,7-12H,1-3H3;/q2*-1;. The molecule has 0 bridgehead atoms. The van der Waals surface area contributed by atoms with Crippen molar-refractivity contribution >= 4 is 57.1 Å². The molecule has 1 atom stereocenters. The Kier molecular flexibility index (Phi) is 11.2. The number of hydrogen-bond donors (Lipinski definition) is 0. The third kappa shape index (κ3) is 7.90. The third-order valence-electron chi connectivity index (χ3n) is 10.3. The summed E-state index contributed by atoms with van der Waals surface area (Å²) in [4.78, 5) is 9.23. The number of halogens is 1. The minimum absolute atomic E-state index is 0. The van der Waals surface area contributed by atoms with Crippen molar-refractivity contribution in [2.45, 2.75) is 52.8 Å². The quantitative estimate of drug-likeness (QED) is 0.118. The predicted octanol–water partition coefficient (Wildman–Crippen LogP) is 12.9. The summed E-state index contributed by atoms with van der Waals surface area (Å²) in [7, 11) is -1.38. The van der Waals surface area contributed by atoms with Gasteiger partial charge in [0.2, 0.25) is 0 Å². The Bertz CT molecular complexity index is 2790. The Balaban J connectivity index is 0.000000174. The van der Waals surface area contributed by atoms with E-state index in [0.29, 0.717) is 17.1 Å². The van der Waals surface area contributed by atoms with Crippen LogP contribution < -0.4 is 5.19 Å². The van der Waals surface area contributed by atoms with Crippen LogP contribution in [-0.4, -0.2) is 18.0 Å². The number of nitrogens with zero attached hydrogens (tertiary/aromatic N) is 2. The van der Waals surface area contributed by atoms with Gasteiger partial charge >= 0.3 is 0 Å². The van der Waals surface area contributed by atoms with Gasteiger partial charge in [0.1, 0.15) is 17.0 Å². The molecule has 9 rings (SSSR count). The van der Waals surface area contributed by atoms with Crippen LogP contribution in [0.3, 0.4) is 0 Å². The molecule has 0 aliphatic heterocycles. The fourth-order valence-corrected chi connectivity index (χ4v) is 8.32. The van der Waals surface area contributed by atoms with Gasteiger partial charge in [-0.1, -0.05) is 129 Å². The summed E-state index contributed by atoms with van der Waals surface area (Å²) < 4.78 is 25.7. The van der Waals surface area contributed by atoms with Gasteiger partial charge in [0.05, 0.1) is 19.2 Å². The molecule has 4 aromatic heterocycles. The van der Waals surface area contributed by atoms with E-state index < -0.39 is 8.07 Å². The Morgan fingerprint density at radius 2 is 1.48 bits per heavy atom. The van der Waals surface area contributed by atoms with Gasteiger partial charge < -0.3 is 18.8 Å². The third-order valence-corrected chi connectivity index (χ3v) is 12.3. The van der Waals surface area contributed by atoms with Gasteiger partial charge in [0.15, 0.2) is 0 Å². The van der Waals surface area contributed by atoms with E-state index in [1.54, 1.807) is 6.07 Å². The van der Waals surface area contributed by atoms with Gasteiger partial charge in [0, 0.05) is 60.8 Å². The largest absolute Gasteiger partial charge is 0.500 e. The molecule has 0 aliphatic carbocycles. The van der Waals surface area contributed by atoms with Crippen LogP contribution in [0.1, 0.15) is 43.4 Å². The number of fused-ring (bicyclic) bond motifs is 6. The van der Waals surface area contributed by atoms with Crippen molar-refractivity contribution in [2.24, 2.45) is 5.92 Å². The molecule has 9 aromatic rings. The molecular weight excluding hydrogens is 888 g/mol. The van der Waals surface area contributed by atoms with E-state index in [4.69, 9.17) is 8.83 Å². The van der Waals surface area contributed by atoms with Crippen molar-refractivity contribution in [3.63, 3.8) is 0 Å². The van der Waals surface area contributed by atoms with Crippen LogP contribution in [0.5, 0.6) is 0 Å². The molecule has 283 valence electrons. The van der Waals surface area contributed by atoms with Gasteiger partial charge in [-0.2, -0.15) is 0 Å². The summed E-state index contributed by atoms with van der Waals surface area (Å²) in [6.07, 6.45) is 4.90. The van der Waals surface area contributed by atoms with Gasteiger partial charge in [0.25, 0.3) is 0 Å². The van der Waals surface area contributed by atoms with Crippen molar-refractivity contribution in [2.75, 3.05) is 0 Å². The molecule has 7 heteroatoms. The summed E-state index contributed by atoms with van der Waals surface area (Å²) in [5.41, 5.74) is 10.5. The zero-order chi connectivity index (χ0) is 38.3. The zero-order valence-corrected chi connectivity index (χ0v) is 35.8. The molecule has 1 unspecified atom stereocenters. The second kappa shape index (κ2) is 16.1. The number of hydrogen-bond acceptors (Lipinski definition) is 4. The summed E-state index contributed by atoms with van der Waals surface area (Å²) >= 11 is 0. The van der Waals surface area contributed by atoms with Crippen LogP contribution in [-0.2, 0) is 26.5 Å². The number of rotatable bonds is 7. The Morgan fingerprint density at radius 1 is 0.696 bits per heavy atom. The fourth-order valence-electron chi connectivity index (χ4n) is 7.29. The normalized spacial score (nSPS) is 12.2. The molecule has 0 fully saturated rings. The van der Waals surface area contributed by atoms with Crippen LogP contribution in [0.2, 0.25) is 19.6 Å². The number of pyridine rings is 2. The summed E-state index contributed by atoms with van der Waals surface area (Å²) in [5, 5.41) is 5.42. The van der Waals surface area contributed by atoms with Crippen LogP contribution in [0.4, 0.5) is 4.39 Å². The first kappa shape index (κ1) is 39.0. The first-order chi connectivity index (χ1) is 26.5. The van der Waals surface area contributed by atoms with Gasteiger partial charge in [-0.3, -0.25) is 0 Å². The van der Waals surface area contributed by atoms with Crippen molar-refractivity contribution < 1.29 is 33.3 Å². The number of furan rings is 2. The zero-order valence-electron chi connectivity index (χ0n) is 32.4. The Morgan fingerprint density at radius 3 is 2.23 bits per heavy atom. The molecule has 0 N–H and O–H groups in total. The SMILES string of the molecule is CC(C)Cc1ccnc(-c2[c-]cc3oc4c(C(C)c5ccccc5)cccc4c3c2)c1.C[Si](C)(C)c1ccc(-c2[c-]ccc3c2oc2cc(F)ccc23)nc1.[Ir].